The van der Waals surface area contributed by atoms with E-state index in [0.717, 1.165) is 22.7 Å². The minimum atomic E-state index is -0.448. The number of nitrogens with one attached hydrogen (secondary N) is 1. The number of ether oxygens (including phenoxy) is 1. The molecule has 1 fully saturated rings. The van der Waals surface area contributed by atoms with Crippen LogP contribution < -0.4 is 5.32 Å². The number of aromatic nitrogens is 1. The van der Waals surface area contributed by atoms with E-state index in [2.05, 4.69) is 16.2 Å². The first-order valence-electron chi connectivity index (χ1n) is 7.98. The van der Waals surface area contributed by atoms with Crippen LogP contribution in [0.25, 0.3) is 0 Å². The molecule has 2 rings (SSSR count). The number of thiazole rings is 1. The number of hydrogen-bond donors (Lipinski definition) is 1. The summed E-state index contributed by atoms with van der Waals surface area (Å²) in [6, 6.07) is -0.610. The van der Waals surface area contributed by atoms with Crippen molar-refractivity contribution in [2.24, 2.45) is 5.92 Å². The van der Waals surface area contributed by atoms with E-state index in [1.54, 1.807) is 4.90 Å². The molecule has 2 heterocycles. The number of rotatable bonds is 4. The topological polar surface area (TPSA) is 71.5 Å². The summed E-state index contributed by atoms with van der Waals surface area (Å²) in [5.41, 5.74) is 0.327. The minimum absolute atomic E-state index is 0.127. The molecule has 0 radical (unpaired) electrons. The van der Waals surface area contributed by atoms with Crippen LogP contribution in [0.1, 0.15) is 53.1 Å². The molecule has 0 bridgehead atoms. The lowest BCUT2D eigenvalue weighted by Crippen LogP contribution is -2.45. The van der Waals surface area contributed by atoms with Crippen LogP contribution in [0.5, 0.6) is 0 Å². The van der Waals surface area contributed by atoms with Gasteiger partial charge < -0.3 is 15.0 Å². The molecule has 2 atom stereocenters. The van der Waals surface area contributed by atoms with E-state index in [4.69, 9.17) is 11.2 Å². The standard InChI is InChI=1S/C17H23N3O3S/c1-6-12(10(2)3)18-17(22)20-9-7-8-13(20)15-19-14(11(4)24-15)16(21)23-5/h1,10,12-13H,7-9H2,2-5H3,(H,18,22)/t12-,13+/m1/s1. The Morgan fingerprint density at radius 3 is 2.79 bits per heavy atom. The zero-order valence-corrected chi connectivity index (χ0v) is 15.3. The molecule has 0 spiro atoms. The van der Waals surface area contributed by atoms with Crippen LogP contribution in [-0.4, -0.2) is 41.6 Å². The van der Waals surface area contributed by atoms with Crippen molar-refractivity contribution in [3.63, 3.8) is 0 Å². The average Bonchev–Trinajstić information content (AvgIpc) is 3.17. The molecule has 0 aliphatic carbocycles. The molecule has 1 aromatic rings. The van der Waals surface area contributed by atoms with Gasteiger partial charge in [-0.2, -0.15) is 0 Å². The van der Waals surface area contributed by atoms with Gasteiger partial charge in [-0.05, 0) is 25.7 Å². The second-order valence-corrected chi connectivity index (χ2v) is 7.37. The molecule has 1 aliphatic rings. The van der Waals surface area contributed by atoms with Crippen molar-refractivity contribution in [1.82, 2.24) is 15.2 Å². The molecule has 1 saturated heterocycles. The Morgan fingerprint density at radius 2 is 2.21 bits per heavy atom. The van der Waals surface area contributed by atoms with E-state index in [0.29, 0.717) is 12.2 Å². The van der Waals surface area contributed by atoms with E-state index >= 15 is 0 Å². The lowest BCUT2D eigenvalue weighted by atomic mass is 10.1. The third-order valence-electron chi connectivity index (χ3n) is 4.12. The van der Waals surface area contributed by atoms with Crippen LogP contribution in [0, 0.1) is 25.2 Å². The smallest absolute Gasteiger partial charge is 0.357 e. The Balaban J connectivity index is 2.17. The van der Waals surface area contributed by atoms with Crippen LogP contribution in [0.15, 0.2) is 0 Å². The number of methoxy groups -OCH3 is 1. The quantitative estimate of drug-likeness (QED) is 0.670. The zero-order valence-electron chi connectivity index (χ0n) is 14.5. The van der Waals surface area contributed by atoms with Crippen molar-refractivity contribution >= 4 is 23.3 Å². The molecule has 7 heteroatoms. The van der Waals surface area contributed by atoms with Crippen LogP contribution in [0.2, 0.25) is 0 Å². The average molecular weight is 349 g/mol. The normalized spacial score (nSPS) is 18.3. The van der Waals surface area contributed by atoms with E-state index in [9.17, 15) is 9.59 Å². The second-order valence-electron chi connectivity index (χ2n) is 6.14. The van der Waals surface area contributed by atoms with Crippen molar-refractivity contribution in [2.45, 2.75) is 45.7 Å². The van der Waals surface area contributed by atoms with Crippen molar-refractivity contribution in [3.8, 4) is 12.3 Å². The van der Waals surface area contributed by atoms with Crippen molar-refractivity contribution in [2.75, 3.05) is 13.7 Å². The number of aryl methyl sites for hydroxylation is 1. The molecule has 2 amide bonds. The summed E-state index contributed by atoms with van der Waals surface area (Å²) < 4.78 is 4.75. The molecule has 6 nitrogen and oxygen atoms in total. The number of carbonyl (C=O) groups excluding carboxylic acids is 2. The Bertz CT molecular complexity index is 663. The maximum absolute atomic E-state index is 12.6. The summed E-state index contributed by atoms with van der Waals surface area (Å²) in [4.78, 5) is 31.3. The Kier molecular flexibility index (Phi) is 5.84. The van der Waals surface area contributed by atoms with Gasteiger partial charge >= 0.3 is 12.0 Å². The second kappa shape index (κ2) is 7.67. The van der Waals surface area contributed by atoms with Gasteiger partial charge in [-0.1, -0.05) is 19.8 Å². The first-order chi connectivity index (χ1) is 11.4. The Hall–Kier alpha value is -2.07. The highest BCUT2D eigenvalue weighted by Crippen LogP contribution is 2.35. The molecular weight excluding hydrogens is 326 g/mol. The van der Waals surface area contributed by atoms with Gasteiger partial charge in [-0.15, -0.1) is 17.8 Å². The highest BCUT2D eigenvalue weighted by Gasteiger charge is 2.34. The third-order valence-corrected chi connectivity index (χ3v) is 5.19. The zero-order chi connectivity index (χ0) is 17.9. The molecular formula is C17H23N3O3S. The SMILES string of the molecule is C#C[C@@H](NC(=O)N1CCC[C@H]1c1nc(C(=O)OC)c(C)s1)C(C)C. The van der Waals surface area contributed by atoms with E-state index in [-0.39, 0.29) is 24.0 Å². The van der Waals surface area contributed by atoms with Gasteiger partial charge in [-0.3, -0.25) is 0 Å². The van der Waals surface area contributed by atoms with Crippen molar-refractivity contribution < 1.29 is 14.3 Å². The van der Waals surface area contributed by atoms with E-state index in [1.807, 2.05) is 20.8 Å². The number of hydrogen-bond acceptors (Lipinski definition) is 5. The number of amides is 2. The van der Waals surface area contributed by atoms with Gasteiger partial charge in [0.05, 0.1) is 19.2 Å². The van der Waals surface area contributed by atoms with Gasteiger partial charge in [0.1, 0.15) is 5.01 Å². The molecule has 0 saturated carbocycles. The number of terminal acetylenes is 1. The monoisotopic (exact) mass is 349 g/mol. The molecule has 1 aromatic heterocycles. The highest BCUT2D eigenvalue weighted by molar-refractivity contribution is 7.12. The van der Waals surface area contributed by atoms with Crippen LogP contribution in [0.4, 0.5) is 4.79 Å². The number of carbonyl (C=O) groups is 2. The molecule has 1 N–H and O–H groups in total. The summed E-state index contributed by atoms with van der Waals surface area (Å²) in [5.74, 6) is 2.33. The van der Waals surface area contributed by atoms with E-state index < -0.39 is 5.97 Å². The van der Waals surface area contributed by atoms with Crippen LogP contribution >= 0.6 is 11.3 Å². The summed E-state index contributed by atoms with van der Waals surface area (Å²) in [6.45, 7) is 6.43. The predicted molar refractivity (Wildman–Crippen MR) is 92.9 cm³/mol. The summed E-state index contributed by atoms with van der Waals surface area (Å²) >= 11 is 1.43. The van der Waals surface area contributed by atoms with Crippen molar-refractivity contribution in [1.29, 1.82) is 0 Å². The Labute approximate surface area is 146 Å². The van der Waals surface area contributed by atoms with Crippen LogP contribution in [-0.2, 0) is 4.74 Å². The lowest BCUT2D eigenvalue weighted by molar-refractivity contribution is 0.0593. The largest absolute Gasteiger partial charge is 0.464 e. The fourth-order valence-corrected chi connectivity index (χ4v) is 3.79. The fourth-order valence-electron chi connectivity index (χ4n) is 2.73. The molecule has 130 valence electrons. The first-order valence-corrected chi connectivity index (χ1v) is 8.79. The summed E-state index contributed by atoms with van der Waals surface area (Å²) in [6.07, 6.45) is 7.21. The van der Waals surface area contributed by atoms with Gasteiger partial charge in [0.25, 0.3) is 0 Å². The van der Waals surface area contributed by atoms with Crippen molar-refractivity contribution in [3.05, 3.63) is 15.6 Å². The predicted octanol–water partition coefficient (Wildman–Crippen LogP) is 2.74. The number of nitrogens with zero attached hydrogens (tertiary/aromatic N) is 2. The number of urea groups is 1. The Morgan fingerprint density at radius 1 is 1.50 bits per heavy atom. The maximum atomic E-state index is 12.6. The molecule has 0 unspecified atom stereocenters. The third kappa shape index (κ3) is 3.70. The number of likely N-dealkylation sites (tertiary alicyclic amines) is 1. The molecule has 24 heavy (non-hydrogen) atoms. The first kappa shape index (κ1) is 18.3. The van der Waals surface area contributed by atoms with Gasteiger partial charge in [0.15, 0.2) is 5.69 Å². The lowest BCUT2D eigenvalue weighted by Gasteiger charge is -2.26. The summed E-state index contributed by atoms with van der Waals surface area (Å²) in [7, 11) is 1.34. The number of esters is 1. The van der Waals surface area contributed by atoms with Gasteiger partial charge in [0, 0.05) is 11.4 Å². The van der Waals surface area contributed by atoms with Gasteiger partial charge in [0.2, 0.25) is 0 Å². The maximum Gasteiger partial charge on any atom is 0.357 e. The molecule has 0 aromatic carbocycles. The minimum Gasteiger partial charge on any atom is -0.464 e. The highest BCUT2D eigenvalue weighted by atomic mass is 32.1. The van der Waals surface area contributed by atoms with Gasteiger partial charge in [-0.25, -0.2) is 14.6 Å². The molecule has 1 aliphatic heterocycles. The fraction of sp³-hybridized carbons (Fsp3) is 0.588. The van der Waals surface area contributed by atoms with E-state index in [1.165, 1.54) is 18.4 Å². The summed E-state index contributed by atoms with van der Waals surface area (Å²) in [5, 5.41) is 3.67. The van der Waals surface area contributed by atoms with Crippen LogP contribution in [0.3, 0.4) is 0 Å².